The number of anilines is 2. The first-order valence-electron chi connectivity index (χ1n) is 7.81. The van der Waals surface area contributed by atoms with Gasteiger partial charge in [0.2, 0.25) is 0 Å². The van der Waals surface area contributed by atoms with Crippen molar-refractivity contribution in [3.8, 4) is 0 Å². The molecule has 0 radical (unpaired) electrons. The molecule has 0 atom stereocenters. The standard InChI is InChI=1S/C17H22ClN3O/c1-20-16(9-12-19-20)21(15-7-5-14(18)6-8-15)13-17(22)10-3-2-4-11-17/h5-9,12,22H,2-4,10-11,13H2,1H3. The van der Waals surface area contributed by atoms with Crippen molar-refractivity contribution in [2.45, 2.75) is 37.7 Å². The first-order chi connectivity index (χ1) is 10.6. The molecule has 0 amide bonds. The Kier molecular flexibility index (Phi) is 4.41. The highest BCUT2D eigenvalue weighted by Gasteiger charge is 2.32. The van der Waals surface area contributed by atoms with Crippen molar-refractivity contribution in [2.24, 2.45) is 7.05 Å². The number of nitrogens with zero attached hydrogens (tertiary/aromatic N) is 3. The van der Waals surface area contributed by atoms with Crippen LogP contribution in [0.25, 0.3) is 0 Å². The average Bonchev–Trinajstić information content (AvgIpc) is 2.93. The lowest BCUT2D eigenvalue weighted by Crippen LogP contribution is -2.43. The Labute approximate surface area is 136 Å². The van der Waals surface area contributed by atoms with Crippen LogP contribution in [0.1, 0.15) is 32.1 Å². The van der Waals surface area contributed by atoms with E-state index in [1.165, 1.54) is 6.42 Å². The van der Waals surface area contributed by atoms with Crippen LogP contribution in [0.5, 0.6) is 0 Å². The molecule has 1 heterocycles. The highest BCUT2D eigenvalue weighted by Crippen LogP contribution is 2.34. The molecule has 0 saturated heterocycles. The second kappa shape index (κ2) is 6.31. The third kappa shape index (κ3) is 3.28. The monoisotopic (exact) mass is 319 g/mol. The molecule has 1 aromatic heterocycles. The summed E-state index contributed by atoms with van der Waals surface area (Å²) in [6.45, 7) is 0.578. The van der Waals surface area contributed by atoms with E-state index in [-0.39, 0.29) is 0 Å². The predicted octanol–water partition coefficient (Wildman–Crippen LogP) is 3.91. The first kappa shape index (κ1) is 15.4. The van der Waals surface area contributed by atoms with Gasteiger partial charge >= 0.3 is 0 Å². The minimum atomic E-state index is -0.637. The summed E-state index contributed by atoms with van der Waals surface area (Å²) in [6.07, 6.45) is 6.90. The van der Waals surface area contributed by atoms with Crippen molar-refractivity contribution in [1.82, 2.24) is 9.78 Å². The quantitative estimate of drug-likeness (QED) is 0.929. The summed E-state index contributed by atoms with van der Waals surface area (Å²) in [5, 5.41) is 15.9. The van der Waals surface area contributed by atoms with Crippen LogP contribution in [0.15, 0.2) is 36.5 Å². The molecule has 0 spiro atoms. The van der Waals surface area contributed by atoms with Crippen LogP contribution in [0.4, 0.5) is 11.5 Å². The molecule has 1 N–H and O–H groups in total. The maximum absolute atomic E-state index is 10.9. The SMILES string of the molecule is Cn1nccc1N(CC1(O)CCCCC1)c1ccc(Cl)cc1. The molecule has 1 fully saturated rings. The van der Waals surface area contributed by atoms with Gasteiger partial charge in [0, 0.05) is 23.8 Å². The fourth-order valence-corrected chi connectivity index (χ4v) is 3.35. The van der Waals surface area contributed by atoms with E-state index in [2.05, 4.69) is 10.00 Å². The van der Waals surface area contributed by atoms with E-state index in [1.54, 1.807) is 6.20 Å². The summed E-state index contributed by atoms with van der Waals surface area (Å²) in [5.41, 5.74) is 0.384. The second-order valence-corrected chi connectivity index (χ2v) is 6.60. The third-order valence-electron chi connectivity index (χ3n) is 4.45. The van der Waals surface area contributed by atoms with Crippen molar-refractivity contribution in [1.29, 1.82) is 0 Å². The Hall–Kier alpha value is -1.52. The molecule has 1 aliphatic carbocycles. The van der Waals surface area contributed by atoms with Crippen molar-refractivity contribution in [3.05, 3.63) is 41.6 Å². The van der Waals surface area contributed by atoms with E-state index < -0.39 is 5.60 Å². The molecule has 1 saturated carbocycles. The predicted molar refractivity (Wildman–Crippen MR) is 89.7 cm³/mol. The van der Waals surface area contributed by atoms with E-state index in [0.29, 0.717) is 11.6 Å². The van der Waals surface area contributed by atoms with Gasteiger partial charge < -0.3 is 10.0 Å². The molecule has 0 bridgehead atoms. The van der Waals surface area contributed by atoms with Gasteiger partial charge in [-0.1, -0.05) is 30.9 Å². The number of hydrogen-bond donors (Lipinski definition) is 1. The Balaban J connectivity index is 1.92. The molecule has 2 aromatic rings. The van der Waals surface area contributed by atoms with Crippen LogP contribution in [-0.4, -0.2) is 27.0 Å². The summed E-state index contributed by atoms with van der Waals surface area (Å²) >= 11 is 6.01. The lowest BCUT2D eigenvalue weighted by atomic mass is 9.84. The third-order valence-corrected chi connectivity index (χ3v) is 4.70. The molecule has 4 nitrogen and oxygen atoms in total. The maximum Gasteiger partial charge on any atom is 0.131 e. The highest BCUT2D eigenvalue weighted by molar-refractivity contribution is 6.30. The molecule has 5 heteroatoms. The maximum atomic E-state index is 10.9. The molecule has 118 valence electrons. The van der Waals surface area contributed by atoms with Gasteiger partial charge in [0.15, 0.2) is 0 Å². The summed E-state index contributed by atoms with van der Waals surface area (Å²) in [6, 6.07) is 9.71. The van der Waals surface area contributed by atoms with Gasteiger partial charge in [-0.05, 0) is 37.1 Å². The molecular weight excluding hydrogens is 298 g/mol. The van der Waals surface area contributed by atoms with Crippen molar-refractivity contribution in [2.75, 3.05) is 11.4 Å². The van der Waals surface area contributed by atoms with Gasteiger partial charge in [-0.15, -0.1) is 0 Å². The van der Waals surface area contributed by atoms with Gasteiger partial charge in [0.05, 0.1) is 18.3 Å². The van der Waals surface area contributed by atoms with Crippen LogP contribution in [0.3, 0.4) is 0 Å². The minimum Gasteiger partial charge on any atom is -0.388 e. The molecule has 1 aromatic carbocycles. The Morgan fingerprint density at radius 2 is 1.86 bits per heavy atom. The van der Waals surface area contributed by atoms with Crippen LogP contribution >= 0.6 is 11.6 Å². The summed E-state index contributed by atoms with van der Waals surface area (Å²) in [4.78, 5) is 2.13. The summed E-state index contributed by atoms with van der Waals surface area (Å²) in [7, 11) is 1.92. The zero-order valence-corrected chi connectivity index (χ0v) is 13.6. The summed E-state index contributed by atoms with van der Waals surface area (Å²) in [5.74, 6) is 0.973. The van der Waals surface area contributed by atoms with Gasteiger partial charge in [0.1, 0.15) is 5.82 Å². The molecule has 1 aliphatic rings. The Morgan fingerprint density at radius 3 is 2.45 bits per heavy atom. The van der Waals surface area contributed by atoms with Gasteiger partial charge in [0.25, 0.3) is 0 Å². The van der Waals surface area contributed by atoms with E-state index in [0.717, 1.165) is 37.2 Å². The number of aryl methyl sites for hydroxylation is 1. The molecule has 22 heavy (non-hydrogen) atoms. The first-order valence-corrected chi connectivity index (χ1v) is 8.19. The fourth-order valence-electron chi connectivity index (χ4n) is 3.22. The topological polar surface area (TPSA) is 41.3 Å². The number of rotatable bonds is 4. The molecular formula is C17H22ClN3O. The number of hydrogen-bond acceptors (Lipinski definition) is 3. The van der Waals surface area contributed by atoms with Crippen LogP contribution in [0.2, 0.25) is 5.02 Å². The lowest BCUT2D eigenvalue weighted by molar-refractivity contribution is 0.0127. The van der Waals surface area contributed by atoms with Crippen LogP contribution < -0.4 is 4.90 Å². The van der Waals surface area contributed by atoms with Crippen molar-refractivity contribution >= 4 is 23.1 Å². The Morgan fingerprint density at radius 1 is 1.18 bits per heavy atom. The van der Waals surface area contributed by atoms with Crippen LogP contribution in [-0.2, 0) is 7.05 Å². The van der Waals surface area contributed by atoms with Crippen LogP contribution in [0, 0.1) is 0 Å². The zero-order valence-electron chi connectivity index (χ0n) is 12.9. The highest BCUT2D eigenvalue weighted by atomic mass is 35.5. The minimum absolute atomic E-state index is 0.578. The van der Waals surface area contributed by atoms with Crippen molar-refractivity contribution in [3.63, 3.8) is 0 Å². The second-order valence-electron chi connectivity index (χ2n) is 6.16. The molecule has 0 unspecified atom stereocenters. The van der Waals surface area contributed by atoms with E-state index >= 15 is 0 Å². The normalized spacial score (nSPS) is 17.4. The number of aromatic nitrogens is 2. The van der Waals surface area contributed by atoms with E-state index in [9.17, 15) is 5.11 Å². The zero-order chi connectivity index (χ0) is 15.6. The van der Waals surface area contributed by atoms with E-state index in [1.807, 2.05) is 42.1 Å². The smallest absolute Gasteiger partial charge is 0.131 e. The van der Waals surface area contributed by atoms with E-state index in [4.69, 9.17) is 11.6 Å². The average molecular weight is 320 g/mol. The lowest BCUT2D eigenvalue weighted by Gasteiger charge is -2.37. The Bertz CT molecular complexity index is 617. The van der Waals surface area contributed by atoms with Gasteiger partial charge in [-0.2, -0.15) is 5.10 Å². The fraction of sp³-hybridized carbons (Fsp3) is 0.471. The van der Waals surface area contributed by atoms with Crippen molar-refractivity contribution < 1.29 is 5.11 Å². The summed E-state index contributed by atoms with van der Waals surface area (Å²) < 4.78 is 1.83. The number of halogens is 1. The van der Waals surface area contributed by atoms with Gasteiger partial charge in [-0.25, -0.2) is 0 Å². The number of aliphatic hydroxyl groups is 1. The molecule has 0 aliphatic heterocycles. The number of benzene rings is 1. The largest absolute Gasteiger partial charge is 0.388 e. The van der Waals surface area contributed by atoms with Gasteiger partial charge in [-0.3, -0.25) is 4.68 Å². The molecule has 3 rings (SSSR count).